The average Bonchev–Trinajstić information content (AvgIpc) is 3.31. The summed E-state index contributed by atoms with van der Waals surface area (Å²) in [5.74, 6) is 0.777. The molecular formula is C20H21ClN4O2. The molecule has 0 spiro atoms. The molecule has 27 heavy (non-hydrogen) atoms. The van der Waals surface area contributed by atoms with Gasteiger partial charge in [-0.05, 0) is 29.8 Å². The Labute approximate surface area is 163 Å². The summed E-state index contributed by atoms with van der Waals surface area (Å²) < 4.78 is 7.76. The maximum Gasteiger partial charge on any atom is 0.137 e. The lowest BCUT2D eigenvalue weighted by molar-refractivity contribution is -0.180. The minimum absolute atomic E-state index is 0.0746. The van der Waals surface area contributed by atoms with E-state index in [0.29, 0.717) is 18.2 Å². The van der Waals surface area contributed by atoms with E-state index in [0.717, 1.165) is 12.2 Å². The van der Waals surface area contributed by atoms with Crippen LogP contribution in [-0.4, -0.2) is 39.6 Å². The quantitative estimate of drug-likeness (QED) is 0.650. The van der Waals surface area contributed by atoms with Crippen LogP contribution in [0.4, 0.5) is 0 Å². The van der Waals surface area contributed by atoms with E-state index in [9.17, 15) is 0 Å². The number of likely N-dealkylation sites (N-methyl/N-ethyl adjacent to an activating group) is 1. The molecule has 0 unspecified atom stereocenters. The Balaban J connectivity index is 1.53. The highest BCUT2D eigenvalue weighted by Crippen LogP contribution is 2.41. The van der Waals surface area contributed by atoms with Gasteiger partial charge in [0.2, 0.25) is 0 Å². The van der Waals surface area contributed by atoms with E-state index in [1.165, 1.54) is 5.56 Å². The van der Waals surface area contributed by atoms with Crippen LogP contribution in [0.5, 0.6) is 5.75 Å². The largest absolute Gasteiger partial charge is 0.491 e. The molecule has 0 amide bonds. The Hall–Kier alpha value is -2.41. The summed E-state index contributed by atoms with van der Waals surface area (Å²) >= 11 is 5.93. The zero-order valence-corrected chi connectivity index (χ0v) is 15.8. The Kier molecular flexibility index (Phi) is 5.11. The van der Waals surface area contributed by atoms with E-state index >= 15 is 0 Å². The molecule has 1 fully saturated rings. The molecule has 0 aliphatic carbocycles. The molecule has 0 N–H and O–H groups in total. The summed E-state index contributed by atoms with van der Waals surface area (Å²) in [6.45, 7) is 1.10. The van der Waals surface area contributed by atoms with Gasteiger partial charge in [-0.1, -0.05) is 41.9 Å². The van der Waals surface area contributed by atoms with Crippen molar-refractivity contribution < 1.29 is 9.57 Å². The lowest BCUT2D eigenvalue weighted by atomic mass is 9.85. The van der Waals surface area contributed by atoms with Crippen molar-refractivity contribution in [1.82, 2.24) is 19.8 Å². The first kappa shape index (κ1) is 18.0. The number of rotatable bonds is 6. The maximum absolute atomic E-state index is 6.15. The van der Waals surface area contributed by atoms with E-state index in [1.807, 2.05) is 59.3 Å². The highest BCUT2D eigenvalue weighted by Gasteiger charge is 2.47. The molecule has 6 nitrogen and oxygen atoms in total. The summed E-state index contributed by atoms with van der Waals surface area (Å²) in [5, 5.41) is 6.91. The average molecular weight is 385 g/mol. The molecular weight excluding hydrogens is 364 g/mol. The van der Waals surface area contributed by atoms with Gasteiger partial charge < -0.3 is 4.74 Å². The predicted molar refractivity (Wildman–Crippen MR) is 102 cm³/mol. The lowest BCUT2D eigenvalue weighted by Crippen LogP contribution is -2.41. The number of ether oxygens (including phenoxy) is 1. The molecule has 2 aromatic carbocycles. The molecule has 2 heterocycles. The van der Waals surface area contributed by atoms with Crippen LogP contribution in [0.3, 0.4) is 0 Å². The van der Waals surface area contributed by atoms with Crippen LogP contribution in [0.1, 0.15) is 12.0 Å². The Morgan fingerprint density at radius 1 is 1.19 bits per heavy atom. The van der Waals surface area contributed by atoms with Gasteiger partial charge in [0.25, 0.3) is 0 Å². The summed E-state index contributed by atoms with van der Waals surface area (Å²) in [6, 6.07) is 17.7. The number of hydrogen-bond donors (Lipinski definition) is 0. The van der Waals surface area contributed by atoms with Gasteiger partial charge in [0.05, 0.1) is 12.1 Å². The summed E-state index contributed by atoms with van der Waals surface area (Å²) in [6.07, 6.45) is 3.99. The van der Waals surface area contributed by atoms with Crippen LogP contribution in [0.15, 0.2) is 67.3 Å². The molecule has 0 saturated carbocycles. The van der Waals surface area contributed by atoms with Gasteiger partial charge in [-0.3, -0.25) is 9.52 Å². The molecule has 4 rings (SSSR count). The van der Waals surface area contributed by atoms with Gasteiger partial charge >= 0.3 is 0 Å². The van der Waals surface area contributed by atoms with Crippen molar-refractivity contribution in [2.24, 2.45) is 0 Å². The van der Waals surface area contributed by atoms with Crippen molar-refractivity contribution in [2.45, 2.75) is 24.6 Å². The van der Waals surface area contributed by atoms with Crippen LogP contribution >= 0.6 is 11.6 Å². The van der Waals surface area contributed by atoms with E-state index in [2.05, 4.69) is 22.2 Å². The number of aromatic nitrogens is 3. The smallest absolute Gasteiger partial charge is 0.137 e. The third kappa shape index (κ3) is 3.83. The van der Waals surface area contributed by atoms with Crippen molar-refractivity contribution in [2.75, 3.05) is 13.7 Å². The van der Waals surface area contributed by atoms with Gasteiger partial charge in [0.15, 0.2) is 0 Å². The predicted octanol–water partition coefficient (Wildman–Crippen LogP) is 3.54. The van der Waals surface area contributed by atoms with E-state index < -0.39 is 0 Å². The SMILES string of the molecule is CN1O[C@H](COc2ccc(Cl)cc2)C[C@@]1(Cn1cncn1)c1ccccc1. The number of hydroxylamine groups is 2. The van der Waals surface area contributed by atoms with Crippen molar-refractivity contribution in [3.05, 3.63) is 77.8 Å². The van der Waals surface area contributed by atoms with E-state index in [-0.39, 0.29) is 11.6 Å². The number of nitrogens with zero attached hydrogens (tertiary/aromatic N) is 4. The van der Waals surface area contributed by atoms with Crippen LogP contribution in [0.25, 0.3) is 0 Å². The second-order valence-corrected chi connectivity index (χ2v) is 7.12. The first-order valence-corrected chi connectivity index (χ1v) is 9.20. The standard InChI is InChI=1S/C20H21ClN4O2/c1-24-20(13-25-15-22-14-23-25,16-5-3-2-4-6-16)11-19(27-24)12-26-18-9-7-17(21)8-10-18/h2-10,14-15,19H,11-13H2,1H3/t19-,20+/m0/s1. The van der Waals surface area contributed by atoms with Gasteiger partial charge in [0, 0.05) is 18.5 Å². The number of hydrogen-bond acceptors (Lipinski definition) is 5. The first-order valence-electron chi connectivity index (χ1n) is 8.83. The van der Waals surface area contributed by atoms with Crippen molar-refractivity contribution in [3.8, 4) is 5.75 Å². The Morgan fingerprint density at radius 3 is 2.67 bits per heavy atom. The number of benzene rings is 2. The maximum atomic E-state index is 6.15. The zero-order chi connectivity index (χ0) is 18.7. The fraction of sp³-hybridized carbons (Fsp3) is 0.300. The zero-order valence-electron chi connectivity index (χ0n) is 15.0. The molecule has 3 aromatic rings. The molecule has 1 aromatic heterocycles. The molecule has 140 valence electrons. The van der Waals surface area contributed by atoms with Crippen molar-refractivity contribution in [1.29, 1.82) is 0 Å². The Bertz CT molecular complexity index is 857. The molecule has 0 bridgehead atoms. The molecule has 7 heteroatoms. The fourth-order valence-electron chi connectivity index (χ4n) is 3.56. The summed E-state index contributed by atoms with van der Waals surface area (Å²) in [5.41, 5.74) is 0.834. The number of halogens is 1. The highest BCUT2D eigenvalue weighted by atomic mass is 35.5. The fourth-order valence-corrected chi connectivity index (χ4v) is 3.69. The van der Waals surface area contributed by atoms with Crippen LogP contribution < -0.4 is 4.74 Å². The topological polar surface area (TPSA) is 52.4 Å². The summed E-state index contributed by atoms with van der Waals surface area (Å²) in [4.78, 5) is 10.2. The third-order valence-corrected chi connectivity index (χ3v) is 5.18. The first-order chi connectivity index (χ1) is 13.2. The molecule has 1 aliphatic rings. The van der Waals surface area contributed by atoms with Gasteiger partial charge in [-0.25, -0.2) is 4.98 Å². The van der Waals surface area contributed by atoms with Crippen LogP contribution in [0.2, 0.25) is 5.02 Å². The van der Waals surface area contributed by atoms with Crippen LogP contribution in [0, 0.1) is 0 Å². The Morgan fingerprint density at radius 2 is 1.96 bits per heavy atom. The molecule has 1 aliphatic heterocycles. The minimum atomic E-state index is -0.344. The highest BCUT2D eigenvalue weighted by molar-refractivity contribution is 6.30. The monoisotopic (exact) mass is 384 g/mol. The second-order valence-electron chi connectivity index (χ2n) is 6.68. The molecule has 0 radical (unpaired) electrons. The second kappa shape index (κ2) is 7.68. The van der Waals surface area contributed by atoms with Gasteiger partial charge in [-0.15, -0.1) is 0 Å². The van der Waals surface area contributed by atoms with Gasteiger partial charge in [0.1, 0.15) is 31.1 Å². The van der Waals surface area contributed by atoms with E-state index in [1.54, 1.807) is 12.7 Å². The van der Waals surface area contributed by atoms with Gasteiger partial charge in [-0.2, -0.15) is 10.2 Å². The van der Waals surface area contributed by atoms with E-state index in [4.69, 9.17) is 21.2 Å². The third-order valence-electron chi connectivity index (χ3n) is 4.93. The van der Waals surface area contributed by atoms with Crippen LogP contribution in [-0.2, 0) is 16.9 Å². The van der Waals surface area contributed by atoms with Crippen molar-refractivity contribution in [3.63, 3.8) is 0 Å². The molecule has 1 saturated heterocycles. The van der Waals surface area contributed by atoms with Crippen molar-refractivity contribution >= 4 is 11.6 Å². The molecule has 2 atom stereocenters. The summed E-state index contributed by atoms with van der Waals surface area (Å²) in [7, 11) is 1.96. The normalized spacial score (nSPS) is 22.8. The minimum Gasteiger partial charge on any atom is -0.491 e. The lowest BCUT2D eigenvalue weighted by Gasteiger charge is -2.34.